The second kappa shape index (κ2) is 9.41. The first-order chi connectivity index (χ1) is 13.9. The Morgan fingerprint density at radius 3 is 2.31 bits per heavy atom. The third-order valence-electron chi connectivity index (χ3n) is 5.24. The van der Waals surface area contributed by atoms with E-state index in [2.05, 4.69) is 4.72 Å². The van der Waals surface area contributed by atoms with Gasteiger partial charge in [0.15, 0.2) is 0 Å². The molecular formula is C22H28N2O4S. The molecule has 0 aromatic heterocycles. The van der Waals surface area contributed by atoms with Gasteiger partial charge in [-0.05, 0) is 43.5 Å². The van der Waals surface area contributed by atoms with Crippen LogP contribution in [-0.2, 0) is 10.0 Å². The molecule has 0 unspecified atom stereocenters. The maximum Gasteiger partial charge on any atom is 0.257 e. The van der Waals surface area contributed by atoms with Gasteiger partial charge >= 0.3 is 0 Å². The maximum absolute atomic E-state index is 13.1. The van der Waals surface area contributed by atoms with Crippen LogP contribution in [0.4, 0.5) is 0 Å². The van der Waals surface area contributed by atoms with Crippen LogP contribution >= 0.6 is 0 Å². The van der Waals surface area contributed by atoms with Crippen LogP contribution in [0, 0.1) is 0 Å². The van der Waals surface area contributed by atoms with Crippen LogP contribution in [0.1, 0.15) is 54.6 Å². The summed E-state index contributed by atoms with van der Waals surface area (Å²) in [6.45, 7) is 3.16. The third-order valence-corrected chi connectivity index (χ3v) is 6.77. The number of benzene rings is 2. The number of sulfonamides is 1. The molecule has 1 aliphatic heterocycles. The summed E-state index contributed by atoms with van der Waals surface area (Å²) < 4.78 is 33.9. The summed E-state index contributed by atoms with van der Waals surface area (Å²) >= 11 is 0. The van der Waals surface area contributed by atoms with Gasteiger partial charge in [0, 0.05) is 19.1 Å². The summed E-state index contributed by atoms with van der Waals surface area (Å²) in [4.78, 5) is 14.9. The van der Waals surface area contributed by atoms with Gasteiger partial charge in [0.05, 0.1) is 17.6 Å². The summed E-state index contributed by atoms with van der Waals surface area (Å²) in [6.07, 6.45) is 4.14. The van der Waals surface area contributed by atoms with E-state index >= 15 is 0 Å². The Hall–Kier alpha value is -2.38. The van der Waals surface area contributed by atoms with Crippen molar-refractivity contribution in [2.75, 3.05) is 20.2 Å². The molecule has 7 heteroatoms. The number of nitrogens with zero attached hydrogens (tertiary/aromatic N) is 1. The fourth-order valence-electron chi connectivity index (χ4n) is 3.58. The van der Waals surface area contributed by atoms with E-state index in [1.807, 2.05) is 30.3 Å². The van der Waals surface area contributed by atoms with Crippen molar-refractivity contribution >= 4 is 15.9 Å². The number of carbonyl (C=O) groups excluding carboxylic acids is 1. The largest absolute Gasteiger partial charge is 0.496 e. The zero-order valence-corrected chi connectivity index (χ0v) is 17.7. The summed E-state index contributed by atoms with van der Waals surface area (Å²) in [5.41, 5.74) is 1.15. The minimum Gasteiger partial charge on any atom is -0.496 e. The first-order valence-corrected chi connectivity index (χ1v) is 11.5. The molecule has 2 aromatic rings. The van der Waals surface area contributed by atoms with Gasteiger partial charge in [-0.1, -0.05) is 43.2 Å². The Morgan fingerprint density at radius 1 is 1.03 bits per heavy atom. The van der Waals surface area contributed by atoms with Crippen LogP contribution in [0.2, 0.25) is 0 Å². The second-order valence-electron chi connectivity index (χ2n) is 7.32. The van der Waals surface area contributed by atoms with Gasteiger partial charge in [0.1, 0.15) is 5.75 Å². The summed E-state index contributed by atoms with van der Waals surface area (Å²) in [5.74, 6) is 0.200. The van der Waals surface area contributed by atoms with Crippen LogP contribution in [0.15, 0.2) is 53.4 Å². The minimum absolute atomic E-state index is 0.0549. The van der Waals surface area contributed by atoms with E-state index in [9.17, 15) is 13.2 Å². The predicted molar refractivity (Wildman–Crippen MR) is 113 cm³/mol. The SMILES string of the molecule is COc1ccc(S(=O)(=O)N[C@@H](C)c2ccccc2)cc1C(=O)N1CCCCCC1. The highest BCUT2D eigenvalue weighted by Gasteiger charge is 2.25. The zero-order valence-electron chi connectivity index (χ0n) is 16.9. The van der Waals surface area contributed by atoms with Gasteiger partial charge < -0.3 is 9.64 Å². The highest BCUT2D eigenvalue weighted by molar-refractivity contribution is 7.89. The fraction of sp³-hybridized carbons (Fsp3) is 0.409. The van der Waals surface area contributed by atoms with Crippen molar-refractivity contribution in [3.05, 3.63) is 59.7 Å². The van der Waals surface area contributed by atoms with E-state index in [-0.39, 0.29) is 16.4 Å². The average Bonchev–Trinajstić information content (AvgIpc) is 3.02. The van der Waals surface area contributed by atoms with E-state index in [0.29, 0.717) is 18.8 Å². The molecular weight excluding hydrogens is 388 g/mol. The lowest BCUT2D eigenvalue weighted by Crippen LogP contribution is -2.32. The second-order valence-corrected chi connectivity index (χ2v) is 9.04. The van der Waals surface area contributed by atoms with E-state index in [4.69, 9.17) is 4.74 Å². The molecule has 1 amide bonds. The van der Waals surface area contributed by atoms with E-state index in [0.717, 1.165) is 31.2 Å². The summed E-state index contributed by atoms with van der Waals surface area (Å²) in [5, 5.41) is 0. The van der Waals surface area contributed by atoms with Gasteiger partial charge in [-0.15, -0.1) is 0 Å². The fourth-order valence-corrected chi connectivity index (χ4v) is 4.83. The van der Waals surface area contributed by atoms with E-state index in [1.54, 1.807) is 17.9 Å². The van der Waals surface area contributed by atoms with E-state index in [1.165, 1.54) is 19.2 Å². The van der Waals surface area contributed by atoms with Crippen molar-refractivity contribution in [3.63, 3.8) is 0 Å². The van der Waals surface area contributed by atoms with Crippen molar-refractivity contribution in [1.82, 2.24) is 9.62 Å². The summed E-state index contributed by atoms with van der Waals surface area (Å²) in [7, 11) is -2.32. The van der Waals surface area contributed by atoms with Crippen LogP contribution in [0.25, 0.3) is 0 Å². The lowest BCUT2D eigenvalue weighted by atomic mass is 10.1. The number of likely N-dealkylation sites (tertiary alicyclic amines) is 1. The number of hydrogen-bond donors (Lipinski definition) is 1. The summed E-state index contributed by atoms with van der Waals surface area (Å²) in [6, 6.07) is 13.4. The molecule has 6 nitrogen and oxygen atoms in total. The van der Waals surface area contributed by atoms with Gasteiger partial charge in [-0.25, -0.2) is 13.1 Å². The van der Waals surface area contributed by atoms with Crippen LogP contribution < -0.4 is 9.46 Å². The maximum atomic E-state index is 13.1. The van der Waals surface area contributed by atoms with Gasteiger partial charge in [-0.3, -0.25) is 4.79 Å². The molecule has 1 aliphatic rings. The zero-order chi connectivity index (χ0) is 20.9. The quantitative estimate of drug-likeness (QED) is 0.778. The lowest BCUT2D eigenvalue weighted by Gasteiger charge is -2.22. The average molecular weight is 417 g/mol. The molecule has 156 valence electrons. The molecule has 1 saturated heterocycles. The highest BCUT2D eigenvalue weighted by Crippen LogP contribution is 2.26. The molecule has 29 heavy (non-hydrogen) atoms. The molecule has 0 aliphatic carbocycles. The van der Waals surface area contributed by atoms with Crippen molar-refractivity contribution in [2.45, 2.75) is 43.5 Å². The first kappa shape index (κ1) is 21.3. The Balaban J connectivity index is 1.87. The first-order valence-electron chi connectivity index (χ1n) is 9.97. The Labute approximate surface area is 172 Å². The molecule has 0 spiro atoms. The van der Waals surface area contributed by atoms with E-state index < -0.39 is 16.1 Å². The molecule has 3 rings (SSSR count). The van der Waals surface area contributed by atoms with Crippen LogP contribution in [0.5, 0.6) is 5.75 Å². The number of methoxy groups -OCH3 is 1. The number of carbonyl (C=O) groups is 1. The topological polar surface area (TPSA) is 75.7 Å². The number of hydrogen-bond acceptors (Lipinski definition) is 4. The van der Waals surface area contributed by atoms with Gasteiger partial charge in [-0.2, -0.15) is 0 Å². The Morgan fingerprint density at radius 2 is 1.69 bits per heavy atom. The molecule has 0 radical (unpaired) electrons. The predicted octanol–water partition coefficient (Wildman–Crippen LogP) is 3.75. The number of rotatable bonds is 6. The molecule has 1 atom stereocenters. The molecule has 1 N–H and O–H groups in total. The molecule has 0 bridgehead atoms. The van der Waals surface area contributed by atoms with Crippen LogP contribution in [-0.4, -0.2) is 39.4 Å². The number of amides is 1. The molecule has 1 fully saturated rings. The number of nitrogens with one attached hydrogen (secondary N) is 1. The van der Waals surface area contributed by atoms with Crippen molar-refractivity contribution < 1.29 is 17.9 Å². The molecule has 0 saturated carbocycles. The van der Waals surface area contributed by atoms with Crippen molar-refractivity contribution in [3.8, 4) is 5.75 Å². The van der Waals surface area contributed by atoms with Crippen molar-refractivity contribution in [2.24, 2.45) is 0 Å². The molecule has 1 heterocycles. The third kappa shape index (κ3) is 5.16. The normalized spacial score (nSPS) is 16.1. The smallest absolute Gasteiger partial charge is 0.257 e. The standard InChI is InChI=1S/C22H28N2O4S/c1-17(18-10-6-5-7-11-18)23-29(26,27)19-12-13-21(28-2)20(16-19)22(25)24-14-8-3-4-9-15-24/h5-7,10-13,16-17,23H,3-4,8-9,14-15H2,1-2H3/t17-/m0/s1. The monoisotopic (exact) mass is 416 g/mol. The highest BCUT2D eigenvalue weighted by atomic mass is 32.2. The van der Waals surface area contributed by atoms with Crippen LogP contribution in [0.3, 0.4) is 0 Å². The molecule has 2 aromatic carbocycles. The minimum atomic E-state index is -3.80. The Bertz CT molecular complexity index is 937. The Kier molecular flexibility index (Phi) is 6.92. The lowest BCUT2D eigenvalue weighted by molar-refractivity contribution is 0.0758. The van der Waals surface area contributed by atoms with Gasteiger partial charge in [0.2, 0.25) is 10.0 Å². The van der Waals surface area contributed by atoms with Gasteiger partial charge in [0.25, 0.3) is 5.91 Å². The van der Waals surface area contributed by atoms with Crippen molar-refractivity contribution in [1.29, 1.82) is 0 Å². The number of ether oxygens (including phenoxy) is 1.